The third kappa shape index (κ3) is 4.43. The second-order valence-electron chi connectivity index (χ2n) is 4.50. The average molecular weight is 453 g/mol. The molecule has 0 saturated heterocycles. The molecule has 0 amide bonds. The summed E-state index contributed by atoms with van der Waals surface area (Å²) in [5.41, 5.74) is -2.07. The largest absolute Gasteiger partial charge is 0.417 e. The zero-order valence-electron chi connectivity index (χ0n) is 11.0. The van der Waals surface area contributed by atoms with Gasteiger partial charge >= 0.3 is 6.18 Å². The maximum atomic E-state index is 12.9. The zero-order valence-corrected chi connectivity index (χ0v) is 15.0. The van der Waals surface area contributed by atoms with Gasteiger partial charge in [0.2, 0.25) is 10.0 Å². The van der Waals surface area contributed by atoms with Crippen molar-refractivity contribution in [3.63, 3.8) is 0 Å². The molecule has 3 nitrogen and oxygen atoms in total. The van der Waals surface area contributed by atoms with Gasteiger partial charge in [-0.2, -0.15) is 13.2 Å². The molecule has 0 aliphatic heterocycles. The van der Waals surface area contributed by atoms with E-state index in [0.29, 0.717) is 6.42 Å². The summed E-state index contributed by atoms with van der Waals surface area (Å²) < 4.78 is 65.9. The van der Waals surface area contributed by atoms with Gasteiger partial charge in [0.1, 0.15) is 0 Å². The van der Waals surface area contributed by atoms with Crippen molar-refractivity contribution in [2.24, 2.45) is 0 Å². The van der Waals surface area contributed by atoms with Crippen molar-refractivity contribution in [2.75, 3.05) is 10.7 Å². The first kappa shape index (κ1) is 18.9. The molecule has 0 heterocycles. The number of alkyl halides is 5. The zero-order chi connectivity index (χ0) is 16.3. The predicted molar refractivity (Wildman–Crippen MR) is 82.4 cm³/mol. The molecular formula is C12H14Br2F3NO2S. The lowest BCUT2D eigenvalue weighted by Gasteiger charge is -2.30. The quantitative estimate of drug-likeness (QED) is 0.665. The van der Waals surface area contributed by atoms with Crippen LogP contribution in [0.15, 0.2) is 29.2 Å². The highest BCUT2D eigenvalue weighted by atomic mass is 79.9. The number of benzene rings is 1. The molecule has 0 aliphatic rings. The molecule has 0 aromatic heterocycles. The summed E-state index contributed by atoms with van der Waals surface area (Å²) in [6, 6.07) is 4.13. The summed E-state index contributed by atoms with van der Waals surface area (Å²) in [4.78, 5) is -0.766. The van der Waals surface area contributed by atoms with E-state index in [1.807, 2.05) is 0 Å². The molecule has 21 heavy (non-hydrogen) atoms. The van der Waals surface area contributed by atoms with E-state index < -0.39 is 32.2 Å². The Labute approximate surface area is 138 Å². The van der Waals surface area contributed by atoms with Gasteiger partial charge in [0.25, 0.3) is 0 Å². The molecule has 0 spiro atoms. The van der Waals surface area contributed by atoms with Crippen LogP contribution in [0.3, 0.4) is 0 Å². The van der Waals surface area contributed by atoms with E-state index in [-0.39, 0.29) is 10.7 Å². The summed E-state index contributed by atoms with van der Waals surface area (Å²) in [5, 5.41) is 0.546. The number of hydrogen-bond donors (Lipinski definition) is 1. The fourth-order valence-corrected chi connectivity index (χ4v) is 5.70. The lowest BCUT2D eigenvalue weighted by Crippen LogP contribution is -2.51. The van der Waals surface area contributed by atoms with Crippen molar-refractivity contribution in [3.05, 3.63) is 29.8 Å². The summed E-state index contributed by atoms with van der Waals surface area (Å²) in [7, 11) is -4.30. The number of halogens is 5. The van der Waals surface area contributed by atoms with Crippen LogP contribution in [-0.2, 0) is 16.2 Å². The van der Waals surface area contributed by atoms with Gasteiger partial charge in [-0.3, -0.25) is 0 Å². The summed E-state index contributed by atoms with van der Waals surface area (Å²) in [6.07, 6.45) is -4.32. The Morgan fingerprint density at radius 3 is 2.10 bits per heavy atom. The topological polar surface area (TPSA) is 46.2 Å². The van der Waals surface area contributed by atoms with Crippen LogP contribution in [0.4, 0.5) is 13.2 Å². The summed E-state index contributed by atoms with van der Waals surface area (Å²) in [6.45, 7) is 1.75. The Hall–Kier alpha value is -0.120. The lowest BCUT2D eigenvalue weighted by atomic mass is 10.0. The summed E-state index contributed by atoms with van der Waals surface area (Å²) >= 11 is 6.39. The molecule has 0 aliphatic carbocycles. The maximum Gasteiger partial charge on any atom is 0.417 e. The molecule has 1 aromatic carbocycles. The van der Waals surface area contributed by atoms with Gasteiger partial charge in [-0.1, -0.05) is 50.9 Å². The van der Waals surface area contributed by atoms with Gasteiger partial charge in [-0.15, -0.1) is 0 Å². The number of hydrogen-bond acceptors (Lipinski definition) is 2. The van der Waals surface area contributed by atoms with Gasteiger partial charge in [0.05, 0.1) is 16.0 Å². The Kier molecular flexibility index (Phi) is 6.28. The Morgan fingerprint density at radius 1 is 1.14 bits per heavy atom. The van der Waals surface area contributed by atoms with E-state index in [1.54, 1.807) is 6.92 Å². The van der Waals surface area contributed by atoms with Crippen LogP contribution in [0.2, 0.25) is 0 Å². The van der Waals surface area contributed by atoms with Crippen LogP contribution in [0.5, 0.6) is 0 Å². The van der Waals surface area contributed by atoms with Gasteiger partial charge < -0.3 is 0 Å². The normalized spacial score (nSPS) is 13.4. The Balaban J connectivity index is 3.33. The third-order valence-electron chi connectivity index (χ3n) is 3.02. The van der Waals surface area contributed by atoms with Gasteiger partial charge in [-0.25, -0.2) is 13.1 Å². The molecule has 1 aromatic rings. The smallest absolute Gasteiger partial charge is 0.207 e. The van der Waals surface area contributed by atoms with Crippen molar-refractivity contribution >= 4 is 41.9 Å². The van der Waals surface area contributed by atoms with Crippen molar-refractivity contribution in [3.8, 4) is 0 Å². The monoisotopic (exact) mass is 451 g/mol. The first-order valence-corrected chi connectivity index (χ1v) is 9.66. The highest BCUT2D eigenvalue weighted by Gasteiger charge is 2.39. The molecule has 120 valence electrons. The van der Waals surface area contributed by atoms with Crippen LogP contribution < -0.4 is 4.72 Å². The minimum atomic E-state index is -4.73. The first-order chi connectivity index (χ1) is 9.62. The predicted octanol–water partition coefficient (Wildman–Crippen LogP) is 3.92. The minimum absolute atomic E-state index is 0.273. The third-order valence-corrected chi connectivity index (χ3v) is 6.80. The molecule has 0 radical (unpaired) electrons. The average Bonchev–Trinajstić information content (AvgIpc) is 2.44. The fraction of sp³-hybridized carbons (Fsp3) is 0.500. The highest BCUT2D eigenvalue weighted by Crippen LogP contribution is 2.34. The van der Waals surface area contributed by atoms with E-state index in [4.69, 9.17) is 0 Å². The van der Waals surface area contributed by atoms with Crippen LogP contribution in [-0.4, -0.2) is 24.6 Å². The van der Waals surface area contributed by atoms with E-state index in [0.717, 1.165) is 18.2 Å². The molecule has 1 rings (SSSR count). The van der Waals surface area contributed by atoms with Crippen LogP contribution >= 0.6 is 31.9 Å². The van der Waals surface area contributed by atoms with E-state index in [1.165, 1.54) is 6.07 Å². The summed E-state index contributed by atoms with van der Waals surface area (Å²) in [5.74, 6) is 0. The molecule has 0 atom stereocenters. The van der Waals surface area contributed by atoms with Crippen LogP contribution in [0.1, 0.15) is 18.9 Å². The van der Waals surface area contributed by atoms with Gasteiger partial charge in [0.15, 0.2) is 0 Å². The number of rotatable bonds is 6. The Morgan fingerprint density at radius 2 is 1.67 bits per heavy atom. The second-order valence-corrected chi connectivity index (χ2v) is 7.27. The number of nitrogens with one attached hydrogen (secondary N) is 1. The molecule has 0 fully saturated rings. The van der Waals surface area contributed by atoms with Gasteiger partial charge in [0, 0.05) is 10.7 Å². The fourth-order valence-electron chi connectivity index (χ4n) is 1.63. The molecular weight excluding hydrogens is 439 g/mol. The van der Waals surface area contributed by atoms with Crippen molar-refractivity contribution < 1.29 is 21.6 Å². The standard InChI is InChI=1S/C12H14Br2F3NO2S/c1-2-11(7-13,8-14)18-21(19,20)10-6-4-3-5-9(10)12(15,16)17/h3-6,18H,2,7-8H2,1H3. The SMILES string of the molecule is CCC(CBr)(CBr)NS(=O)(=O)c1ccccc1C(F)(F)F. The van der Waals surface area contributed by atoms with Crippen LogP contribution in [0, 0.1) is 0 Å². The molecule has 9 heteroatoms. The maximum absolute atomic E-state index is 12.9. The van der Waals surface area contributed by atoms with Gasteiger partial charge in [-0.05, 0) is 18.6 Å². The van der Waals surface area contributed by atoms with Crippen molar-refractivity contribution in [2.45, 2.75) is 30.0 Å². The Bertz CT molecular complexity index is 578. The van der Waals surface area contributed by atoms with E-state index in [9.17, 15) is 21.6 Å². The molecule has 0 bridgehead atoms. The first-order valence-electron chi connectivity index (χ1n) is 5.94. The van der Waals surface area contributed by atoms with E-state index >= 15 is 0 Å². The van der Waals surface area contributed by atoms with Crippen LogP contribution in [0.25, 0.3) is 0 Å². The second kappa shape index (κ2) is 6.97. The lowest BCUT2D eigenvalue weighted by molar-refractivity contribution is -0.139. The molecule has 0 saturated carbocycles. The van der Waals surface area contributed by atoms with Crippen molar-refractivity contribution in [1.82, 2.24) is 4.72 Å². The number of sulfonamides is 1. The molecule has 0 unspecified atom stereocenters. The van der Waals surface area contributed by atoms with Crippen molar-refractivity contribution in [1.29, 1.82) is 0 Å². The molecule has 1 N–H and O–H groups in total. The van der Waals surface area contributed by atoms with E-state index in [2.05, 4.69) is 36.6 Å². The minimum Gasteiger partial charge on any atom is -0.207 e. The highest BCUT2D eigenvalue weighted by molar-refractivity contribution is 9.09.